The van der Waals surface area contributed by atoms with Gasteiger partial charge in [-0.05, 0) is 13.3 Å². The summed E-state index contributed by atoms with van der Waals surface area (Å²) in [7, 11) is 0.676. The fourth-order valence-electron chi connectivity index (χ4n) is 1.44. The monoisotopic (exact) mass is 309 g/mol. The third kappa shape index (κ3) is 5.35. The number of rotatable bonds is 8. The molecule has 1 amide bonds. The van der Waals surface area contributed by atoms with Gasteiger partial charge in [0, 0.05) is 33.6 Å². The van der Waals surface area contributed by atoms with Crippen LogP contribution in [0.2, 0.25) is 0 Å². The molecule has 8 heteroatoms. The van der Waals surface area contributed by atoms with E-state index in [1.807, 2.05) is 6.92 Å². The first-order chi connectivity index (χ1) is 9.03. The zero-order chi connectivity index (χ0) is 16.1. The van der Waals surface area contributed by atoms with E-state index in [0.717, 1.165) is 8.61 Å². The van der Waals surface area contributed by atoms with Crippen molar-refractivity contribution < 1.29 is 18.3 Å². The van der Waals surface area contributed by atoms with E-state index < -0.39 is 22.4 Å². The molecule has 0 aliphatic carbocycles. The molecule has 120 valence electrons. The molecule has 0 aliphatic heterocycles. The van der Waals surface area contributed by atoms with Crippen LogP contribution in [-0.4, -0.2) is 67.9 Å². The van der Waals surface area contributed by atoms with Crippen LogP contribution in [0.15, 0.2) is 0 Å². The fraction of sp³-hybridized carbons (Fsp3) is 0.917. The molecule has 0 aliphatic rings. The van der Waals surface area contributed by atoms with Gasteiger partial charge in [-0.25, -0.2) is 0 Å². The zero-order valence-electron chi connectivity index (χ0n) is 13.1. The Kier molecular flexibility index (Phi) is 7.64. The molecule has 20 heavy (non-hydrogen) atoms. The molecule has 0 bridgehead atoms. The average Bonchev–Trinajstić information content (AvgIpc) is 2.36. The summed E-state index contributed by atoms with van der Waals surface area (Å²) in [5.74, 6) is -0.273. The number of nitrogens with one attached hydrogen (secondary N) is 1. The molecule has 0 saturated heterocycles. The molecule has 0 aromatic carbocycles. The highest BCUT2D eigenvalue weighted by atomic mass is 32.2. The maximum absolute atomic E-state index is 11.8. The predicted molar refractivity (Wildman–Crippen MR) is 78.3 cm³/mol. The summed E-state index contributed by atoms with van der Waals surface area (Å²) in [6, 6.07) is -0.517. The van der Waals surface area contributed by atoms with Gasteiger partial charge in [-0.15, -0.1) is 0 Å². The number of carbonyl (C=O) groups excluding carboxylic acids is 1. The van der Waals surface area contributed by atoms with E-state index in [-0.39, 0.29) is 18.4 Å². The van der Waals surface area contributed by atoms with Crippen LogP contribution in [0.3, 0.4) is 0 Å². The molecule has 7 nitrogen and oxygen atoms in total. The number of hydrogen-bond acceptors (Lipinski definition) is 4. The highest BCUT2D eigenvalue weighted by molar-refractivity contribution is 7.86. The minimum absolute atomic E-state index is 0.0809. The van der Waals surface area contributed by atoms with Crippen molar-refractivity contribution in [3.8, 4) is 0 Å². The van der Waals surface area contributed by atoms with Crippen LogP contribution in [0.1, 0.15) is 27.2 Å². The van der Waals surface area contributed by atoms with Crippen molar-refractivity contribution in [1.29, 1.82) is 0 Å². The van der Waals surface area contributed by atoms with Gasteiger partial charge in [0.2, 0.25) is 5.91 Å². The van der Waals surface area contributed by atoms with Crippen molar-refractivity contribution in [2.24, 2.45) is 5.92 Å². The summed E-state index contributed by atoms with van der Waals surface area (Å²) in [6.07, 6.45) is -0.258. The van der Waals surface area contributed by atoms with E-state index in [4.69, 9.17) is 0 Å². The Morgan fingerprint density at radius 2 is 1.75 bits per heavy atom. The van der Waals surface area contributed by atoms with E-state index >= 15 is 0 Å². The second-order valence-corrected chi connectivity index (χ2v) is 7.49. The van der Waals surface area contributed by atoms with Crippen molar-refractivity contribution in [3.05, 3.63) is 0 Å². The van der Waals surface area contributed by atoms with E-state index in [1.54, 1.807) is 13.8 Å². The van der Waals surface area contributed by atoms with Gasteiger partial charge >= 0.3 is 0 Å². The van der Waals surface area contributed by atoms with Gasteiger partial charge in [0.1, 0.15) is 0 Å². The largest absolute Gasteiger partial charge is 0.390 e. The highest BCUT2D eigenvalue weighted by Gasteiger charge is 2.26. The SMILES string of the molecule is CCC(C)C(=O)N[C@@H](C)C(O)CN(C)S(=O)(=O)N(C)C. The van der Waals surface area contributed by atoms with Crippen molar-refractivity contribution in [3.63, 3.8) is 0 Å². The lowest BCUT2D eigenvalue weighted by molar-refractivity contribution is -0.126. The molecule has 0 saturated carbocycles. The zero-order valence-corrected chi connectivity index (χ0v) is 13.9. The number of amides is 1. The number of nitrogens with zero attached hydrogens (tertiary/aromatic N) is 2. The van der Waals surface area contributed by atoms with Gasteiger partial charge < -0.3 is 10.4 Å². The predicted octanol–water partition coefficient (Wildman–Crippen LogP) is -0.364. The topological polar surface area (TPSA) is 90.0 Å². The second kappa shape index (κ2) is 7.92. The van der Waals surface area contributed by atoms with Crippen molar-refractivity contribution in [1.82, 2.24) is 13.9 Å². The molecular formula is C12H27N3O4S. The summed E-state index contributed by atoms with van der Waals surface area (Å²) in [5.41, 5.74) is 0. The molecule has 0 aromatic heterocycles. The maximum atomic E-state index is 11.8. The fourth-order valence-corrected chi connectivity index (χ4v) is 2.34. The molecule has 0 rings (SSSR count). The standard InChI is InChI=1S/C12H27N3O4S/c1-7-9(2)12(17)13-10(3)11(16)8-15(6)20(18,19)14(4)5/h9-11,16H,7-8H2,1-6H3,(H,13,17)/t9?,10-,11?/m0/s1. The van der Waals surface area contributed by atoms with Gasteiger partial charge in [0.05, 0.1) is 12.1 Å². The Labute approximate surface area is 122 Å². The first-order valence-electron chi connectivity index (χ1n) is 6.66. The normalized spacial score (nSPS) is 17.1. The minimum atomic E-state index is -3.56. The lowest BCUT2D eigenvalue weighted by Crippen LogP contribution is -2.49. The van der Waals surface area contributed by atoms with E-state index in [2.05, 4.69) is 5.32 Å². The number of carbonyl (C=O) groups is 1. The lowest BCUT2D eigenvalue weighted by Gasteiger charge is -2.27. The number of likely N-dealkylation sites (N-methyl/N-ethyl adjacent to an activating group) is 1. The Balaban J connectivity index is 4.55. The van der Waals surface area contributed by atoms with Gasteiger partial charge in [-0.3, -0.25) is 4.79 Å². The summed E-state index contributed by atoms with van der Waals surface area (Å²) < 4.78 is 25.8. The Bertz CT molecular complexity index is 411. The summed E-state index contributed by atoms with van der Waals surface area (Å²) >= 11 is 0. The van der Waals surface area contributed by atoms with Crippen molar-refractivity contribution in [2.45, 2.75) is 39.3 Å². The third-order valence-corrected chi connectivity index (χ3v) is 5.17. The van der Waals surface area contributed by atoms with E-state index in [9.17, 15) is 18.3 Å². The van der Waals surface area contributed by atoms with Crippen molar-refractivity contribution >= 4 is 16.1 Å². The minimum Gasteiger partial charge on any atom is -0.390 e. The summed E-state index contributed by atoms with van der Waals surface area (Å²) in [5, 5.41) is 12.7. The van der Waals surface area contributed by atoms with E-state index in [0.29, 0.717) is 6.42 Å². The van der Waals surface area contributed by atoms with E-state index in [1.165, 1.54) is 21.1 Å². The maximum Gasteiger partial charge on any atom is 0.281 e. The van der Waals surface area contributed by atoms with Crippen LogP contribution in [0.4, 0.5) is 0 Å². The van der Waals surface area contributed by atoms with Crippen molar-refractivity contribution in [2.75, 3.05) is 27.7 Å². The molecular weight excluding hydrogens is 282 g/mol. The van der Waals surface area contributed by atoms with Crippen LogP contribution < -0.4 is 5.32 Å². The molecule has 2 N–H and O–H groups in total. The molecule has 0 aromatic rings. The van der Waals surface area contributed by atoms with Crippen LogP contribution in [0, 0.1) is 5.92 Å². The van der Waals surface area contributed by atoms with Crippen LogP contribution in [0.5, 0.6) is 0 Å². The quantitative estimate of drug-likeness (QED) is 0.640. The molecule has 0 radical (unpaired) electrons. The Morgan fingerprint density at radius 1 is 1.25 bits per heavy atom. The highest BCUT2D eigenvalue weighted by Crippen LogP contribution is 2.06. The van der Waals surface area contributed by atoms with Gasteiger partial charge in [0.25, 0.3) is 10.2 Å². The van der Waals surface area contributed by atoms with Gasteiger partial charge in [0.15, 0.2) is 0 Å². The third-order valence-electron chi connectivity index (χ3n) is 3.31. The molecule has 2 unspecified atom stereocenters. The van der Waals surface area contributed by atoms with Crippen LogP contribution in [0.25, 0.3) is 0 Å². The molecule has 0 heterocycles. The Morgan fingerprint density at radius 3 is 2.15 bits per heavy atom. The molecule has 0 fully saturated rings. The summed E-state index contributed by atoms with van der Waals surface area (Å²) in [6.45, 7) is 5.28. The smallest absolute Gasteiger partial charge is 0.281 e. The first-order valence-corrected chi connectivity index (χ1v) is 8.05. The number of hydrogen-bond donors (Lipinski definition) is 2. The van der Waals surface area contributed by atoms with Crippen LogP contribution >= 0.6 is 0 Å². The first kappa shape index (κ1) is 19.3. The Hall–Kier alpha value is -0.700. The lowest BCUT2D eigenvalue weighted by atomic mass is 10.1. The van der Waals surface area contributed by atoms with Gasteiger partial charge in [-0.2, -0.15) is 17.0 Å². The molecule has 0 spiro atoms. The summed E-state index contributed by atoms with van der Waals surface area (Å²) in [4.78, 5) is 11.7. The molecule has 3 atom stereocenters. The second-order valence-electron chi connectivity index (χ2n) is 5.24. The number of aliphatic hydroxyl groups is 1. The average molecular weight is 309 g/mol. The van der Waals surface area contributed by atoms with Gasteiger partial charge in [-0.1, -0.05) is 13.8 Å². The number of aliphatic hydroxyl groups excluding tert-OH is 1. The van der Waals surface area contributed by atoms with Crippen LogP contribution in [-0.2, 0) is 15.0 Å².